The molecule has 6 heteroatoms. The van der Waals surface area contributed by atoms with E-state index >= 15 is 0 Å². The van der Waals surface area contributed by atoms with Crippen molar-refractivity contribution < 1.29 is 0 Å². The van der Waals surface area contributed by atoms with E-state index in [2.05, 4.69) is 25.6 Å². The van der Waals surface area contributed by atoms with Crippen LogP contribution in [0.15, 0.2) is 36.9 Å². The molecule has 0 saturated heterocycles. The van der Waals surface area contributed by atoms with Crippen molar-refractivity contribution >= 4 is 11.6 Å². The highest BCUT2D eigenvalue weighted by atomic mass is 15.1. The van der Waals surface area contributed by atoms with E-state index in [0.29, 0.717) is 13.1 Å². The van der Waals surface area contributed by atoms with Crippen molar-refractivity contribution in [3.8, 4) is 0 Å². The number of hydrogen-bond donors (Lipinski definition) is 3. The van der Waals surface area contributed by atoms with Gasteiger partial charge in [-0.1, -0.05) is 0 Å². The van der Waals surface area contributed by atoms with Crippen molar-refractivity contribution in [3.63, 3.8) is 0 Å². The van der Waals surface area contributed by atoms with Crippen LogP contribution in [0, 0.1) is 0 Å². The van der Waals surface area contributed by atoms with Gasteiger partial charge in [0, 0.05) is 31.5 Å². The Morgan fingerprint density at radius 3 is 2.53 bits per heavy atom. The largest absolute Gasteiger partial charge is 0.370 e. The standard InChI is InChI=1S/C13H18N6/c14-4-1-5-16-12-8-13(19-10-18-12)17-9-11-2-6-15-7-3-11/h2-3,6-8,10H,1,4-5,9,14H2,(H2,16,17,18,19). The lowest BCUT2D eigenvalue weighted by atomic mass is 10.3. The molecule has 6 nitrogen and oxygen atoms in total. The SMILES string of the molecule is NCCCNc1cc(NCc2ccncc2)ncn1. The zero-order valence-corrected chi connectivity index (χ0v) is 10.7. The van der Waals surface area contributed by atoms with Crippen molar-refractivity contribution in [3.05, 3.63) is 42.5 Å². The third-order valence-corrected chi connectivity index (χ3v) is 2.58. The van der Waals surface area contributed by atoms with Gasteiger partial charge in [0.25, 0.3) is 0 Å². The zero-order chi connectivity index (χ0) is 13.3. The fourth-order valence-electron chi connectivity index (χ4n) is 1.56. The second-order valence-corrected chi connectivity index (χ2v) is 4.07. The first-order valence-electron chi connectivity index (χ1n) is 6.27. The molecule has 0 spiro atoms. The van der Waals surface area contributed by atoms with Gasteiger partial charge in [0.2, 0.25) is 0 Å². The molecule has 2 aromatic heterocycles. The normalized spacial score (nSPS) is 10.2. The van der Waals surface area contributed by atoms with Gasteiger partial charge in [-0.3, -0.25) is 4.98 Å². The van der Waals surface area contributed by atoms with Crippen molar-refractivity contribution in [2.24, 2.45) is 5.73 Å². The van der Waals surface area contributed by atoms with Crippen molar-refractivity contribution in [1.29, 1.82) is 0 Å². The number of nitrogens with zero attached hydrogens (tertiary/aromatic N) is 3. The van der Waals surface area contributed by atoms with Crippen LogP contribution in [0.25, 0.3) is 0 Å². The Hall–Kier alpha value is -2.21. The molecule has 0 bridgehead atoms. The number of hydrogen-bond acceptors (Lipinski definition) is 6. The Bertz CT molecular complexity index is 488. The lowest BCUT2D eigenvalue weighted by Gasteiger charge is -2.08. The average Bonchev–Trinajstić information content (AvgIpc) is 2.47. The highest BCUT2D eigenvalue weighted by molar-refractivity contribution is 5.46. The highest BCUT2D eigenvalue weighted by Gasteiger charge is 1.98. The summed E-state index contributed by atoms with van der Waals surface area (Å²) in [5.41, 5.74) is 6.60. The first kappa shape index (κ1) is 13.2. The van der Waals surface area contributed by atoms with E-state index < -0.39 is 0 Å². The maximum absolute atomic E-state index is 5.44. The molecule has 0 radical (unpaired) electrons. The predicted octanol–water partition coefficient (Wildman–Crippen LogP) is 1.24. The molecule has 0 fully saturated rings. The van der Waals surface area contributed by atoms with Gasteiger partial charge in [-0.15, -0.1) is 0 Å². The number of nitrogens with two attached hydrogens (primary N) is 1. The predicted molar refractivity (Wildman–Crippen MR) is 75.8 cm³/mol. The Balaban J connectivity index is 1.88. The maximum Gasteiger partial charge on any atom is 0.131 e. The third-order valence-electron chi connectivity index (χ3n) is 2.58. The fourth-order valence-corrected chi connectivity index (χ4v) is 1.56. The number of pyridine rings is 1. The van der Waals surface area contributed by atoms with Crippen LogP contribution in [-0.2, 0) is 6.54 Å². The topological polar surface area (TPSA) is 88.8 Å². The molecule has 0 unspecified atom stereocenters. The number of rotatable bonds is 7. The highest BCUT2D eigenvalue weighted by Crippen LogP contribution is 2.09. The minimum Gasteiger partial charge on any atom is -0.370 e. The summed E-state index contributed by atoms with van der Waals surface area (Å²) in [5, 5.41) is 6.45. The molecule has 0 amide bonds. The summed E-state index contributed by atoms with van der Waals surface area (Å²) in [7, 11) is 0. The zero-order valence-electron chi connectivity index (χ0n) is 10.7. The van der Waals surface area contributed by atoms with E-state index in [1.807, 2.05) is 18.2 Å². The molecule has 4 N–H and O–H groups in total. The molecule has 2 rings (SSSR count). The summed E-state index contributed by atoms with van der Waals surface area (Å²) in [5.74, 6) is 1.60. The summed E-state index contributed by atoms with van der Waals surface area (Å²) in [6.45, 7) is 2.20. The summed E-state index contributed by atoms with van der Waals surface area (Å²) in [4.78, 5) is 12.3. The van der Waals surface area contributed by atoms with E-state index in [1.165, 1.54) is 0 Å². The van der Waals surface area contributed by atoms with E-state index in [9.17, 15) is 0 Å². The van der Waals surface area contributed by atoms with E-state index in [-0.39, 0.29) is 0 Å². The van der Waals surface area contributed by atoms with Crippen LogP contribution in [0.3, 0.4) is 0 Å². The van der Waals surface area contributed by atoms with Gasteiger partial charge in [-0.05, 0) is 30.7 Å². The molecule has 2 aromatic rings. The molecular weight excluding hydrogens is 240 g/mol. The van der Waals surface area contributed by atoms with Gasteiger partial charge in [0.15, 0.2) is 0 Å². The van der Waals surface area contributed by atoms with Gasteiger partial charge in [-0.25, -0.2) is 9.97 Å². The quantitative estimate of drug-likeness (QED) is 0.648. The van der Waals surface area contributed by atoms with Gasteiger partial charge in [0.05, 0.1) is 0 Å². The molecule has 2 heterocycles. The maximum atomic E-state index is 5.44. The molecule has 100 valence electrons. The molecule has 0 aromatic carbocycles. The second kappa shape index (κ2) is 7.27. The van der Waals surface area contributed by atoms with Crippen LogP contribution < -0.4 is 16.4 Å². The lowest BCUT2D eigenvalue weighted by molar-refractivity contribution is 0.869. The number of anilines is 2. The minimum absolute atomic E-state index is 0.672. The molecular formula is C13H18N6. The summed E-state index contributed by atoms with van der Waals surface area (Å²) >= 11 is 0. The van der Waals surface area contributed by atoms with Crippen LogP contribution in [0.2, 0.25) is 0 Å². The van der Waals surface area contributed by atoms with Crippen LogP contribution in [0.5, 0.6) is 0 Å². The minimum atomic E-state index is 0.672. The monoisotopic (exact) mass is 258 g/mol. The van der Waals surface area contributed by atoms with Crippen LogP contribution in [0.1, 0.15) is 12.0 Å². The molecule has 0 aliphatic heterocycles. The van der Waals surface area contributed by atoms with Crippen LogP contribution >= 0.6 is 0 Å². The molecule has 0 aliphatic rings. The Kier molecular flexibility index (Phi) is 5.06. The van der Waals surface area contributed by atoms with Crippen molar-refractivity contribution in [2.75, 3.05) is 23.7 Å². The second-order valence-electron chi connectivity index (χ2n) is 4.07. The number of nitrogens with one attached hydrogen (secondary N) is 2. The summed E-state index contributed by atoms with van der Waals surface area (Å²) in [6.07, 6.45) is 6.01. The third kappa shape index (κ3) is 4.51. The van der Waals surface area contributed by atoms with Crippen LogP contribution in [0.4, 0.5) is 11.6 Å². The smallest absolute Gasteiger partial charge is 0.131 e. The molecule has 19 heavy (non-hydrogen) atoms. The Morgan fingerprint density at radius 2 is 1.79 bits per heavy atom. The van der Waals surface area contributed by atoms with E-state index in [1.54, 1.807) is 18.7 Å². The van der Waals surface area contributed by atoms with Gasteiger partial charge in [0.1, 0.15) is 18.0 Å². The van der Waals surface area contributed by atoms with Gasteiger partial charge in [-0.2, -0.15) is 0 Å². The van der Waals surface area contributed by atoms with Crippen molar-refractivity contribution in [2.45, 2.75) is 13.0 Å². The molecule has 0 saturated carbocycles. The van der Waals surface area contributed by atoms with E-state index in [4.69, 9.17) is 5.73 Å². The van der Waals surface area contributed by atoms with Gasteiger partial charge >= 0.3 is 0 Å². The van der Waals surface area contributed by atoms with Crippen molar-refractivity contribution in [1.82, 2.24) is 15.0 Å². The summed E-state index contributed by atoms with van der Waals surface area (Å²) in [6, 6.07) is 5.82. The average molecular weight is 258 g/mol. The Labute approximate surface area is 112 Å². The first-order chi connectivity index (χ1) is 9.38. The van der Waals surface area contributed by atoms with E-state index in [0.717, 1.165) is 30.2 Å². The fraction of sp³-hybridized carbons (Fsp3) is 0.308. The summed E-state index contributed by atoms with van der Waals surface area (Å²) < 4.78 is 0. The van der Waals surface area contributed by atoms with Gasteiger partial charge < -0.3 is 16.4 Å². The molecule has 0 aliphatic carbocycles. The molecule has 0 atom stereocenters. The number of aromatic nitrogens is 3. The lowest BCUT2D eigenvalue weighted by Crippen LogP contribution is -2.10. The first-order valence-corrected chi connectivity index (χ1v) is 6.27. The Morgan fingerprint density at radius 1 is 1.05 bits per heavy atom. The van der Waals surface area contributed by atoms with Crippen LogP contribution in [-0.4, -0.2) is 28.0 Å².